The maximum absolute atomic E-state index is 12.8. The van der Waals surface area contributed by atoms with Gasteiger partial charge in [0.25, 0.3) is 0 Å². The quantitative estimate of drug-likeness (QED) is 0.146. The molecule has 3 aromatic rings. The number of benzene rings is 3. The van der Waals surface area contributed by atoms with E-state index >= 15 is 0 Å². The highest BCUT2D eigenvalue weighted by atomic mass is 32.2. The molecule has 0 saturated heterocycles. The second-order valence-corrected chi connectivity index (χ2v) is 8.49. The Hall–Kier alpha value is -3.18. The molecule has 0 saturated carbocycles. The van der Waals surface area contributed by atoms with E-state index in [1.54, 1.807) is 48.2 Å². The Morgan fingerprint density at radius 2 is 1.44 bits per heavy atom. The minimum atomic E-state index is -0.586. The maximum atomic E-state index is 12.8. The number of carbonyl (C=O) groups excluding carboxylic acids is 2. The number of hydrogen-bond acceptors (Lipinski definition) is 5. The number of carbonyl (C=O) groups is 2. The summed E-state index contributed by atoms with van der Waals surface area (Å²) in [6.07, 6.45) is 3.87. The number of hydrogen-bond donors (Lipinski definition) is 0. The van der Waals surface area contributed by atoms with Crippen molar-refractivity contribution >= 4 is 29.2 Å². The van der Waals surface area contributed by atoms with Crippen LogP contribution in [-0.4, -0.2) is 17.5 Å². The van der Waals surface area contributed by atoms with E-state index in [1.165, 1.54) is 18.4 Å². The third-order valence-corrected chi connectivity index (χ3v) is 5.96. The van der Waals surface area contributed by atoms with Gasteiger partial charge in [-0.05, 0) is 73.4 Å². The van der Waals surface area contributed by atoms with E-state index in [-0.39, 0.29) is 11.5 Å². The van der Waals surface area contributed by atoms with Gasteiger partial charge in [0.15, 0.2) is 0 Å². The van der Waals surface area contributed by atoms with Gasteiger partial charge in [-0.1, -0.05) is 67.5 Å². The lowest BCUT2D eigenvalue weighted by atomic mass is 10.1. The van der Waals surface area contributed by atoms with Crippen molar-refractivity contribution in [2.45, 2.75) is 49.3 Å². The average molecular weight is 446 g/mol. The van der Waals surface area contributed by atoms with Gasteiger partial charge in [0.2, 0.25) is 5.78 Å². The molecule has 5 heteroatoms. The highest BCUT2D eigenvalue weighted by Crippen LogP contribution is 2.28. The van der Waals surface area contributed by atoms with Crippen molar-refractivity contribution in [1.29, 1.82) is 0 Å². The van der Waals surface area contributed by atoms with Crippen molar-refractivity contribution < 1.29 is 14.4 Å². The zero-order chi connectivity index (χ0) is 22.8. The molecule has 0 radical (unpaired) electrons. The van der Waals surface area contributed by atoms with Gasteiger partial charge in [0.1, 0.15) is 5.71 Å². The number of rotatable bonds is 10. The number of aryl methyl sites for hydroxylation is 1. The standard InChI is InChI=1S/C27H27NO3S/c1-3-5-9-20-12-16-23(17-13-20)32-24-18-14-21(15-19-24)26(29)25(4-2)28-31-27(30)22-10-7-6-8-11-22/h6-8,10-19H,3-5,9H2,1-2H3. The van der Waals surface area contributed by atoms with Gasteiger partial charge >= 0.3 is 5.97 Å². The van der Waals surface area contributed by atoms with Gasteiger partial charge < -0.3 is 4.84 Å². The molecule has 164 valence electrons. The molecule has 4 nitrogen and oxygen atoms in total. The van der Waals surface area contributed by atoms with Crippen LogP contribution in [0.25, 0.3) is 0 Å². The Kier molecular flexibility index (Phi) is 8.81. The summed E-state index contributed by atoms with van der Waals surface area (Å²) in [5.41, 5.74) is 2.47. The molecular formula is C27H27NO3S. The Bertz CT molecular complexity index is 1060. The molecule has 0 heterocycles. The third kappa shape index (κ3) is 6.66. The van der Waals surface area contributed by atoms with E-state index in [0.717, 1.165) is 16.2 Å². The fraction of sp³-hybridized carbons (Fsp3) is 0.222. The minimum Gasteiger partial charge on any atom is -0.312 e. The zero-order valence-electron chi connectivity index (χ0n) is 18.4. The monoisotopic (exact) mass is 445 g/mol. The fourth-order valence-electron chi connectivity index (χ4n) is 3.07. The minimum absolute atomic E-state index is 0.206. The van der Waals surface area contributed by atoms with Crippen molar-refractivity contribution in [3.05, 3.63) is 95.6 Å². The molecule has 3 rings (SSSR count). The van der Waals surface area contributed by atoms with Crippen LogP contribution < -0.4 is 0 Å². The van der Waals surface area contributed by atoms with Crippen molar-refractivity contribution in [3.63, 3.8) is 0 Å². The van der Waals surface area contributed by atoms with Gasteiger partial charge in [-0.25, -0.2) is 4.79 Å². The first-order valence-electron chi connectivity index (χ1n) is 10.9. The molecule has 0 bridgehead atoms. The largest absolute Gasteiger partial charge is 0.365 e. The fourth-order valence-corrected chi connectivity index (χ4v) is 3.89. The molecule has 0 fully saturated rings. The van der Waals surface area contributed by atoms with Crippen LogP contribution >= 0.6 is 11.8 Å². The number of nitrogens with zero attached hydrogens (tertiary/aromatic N) is 1. The van der Waals surface area contributed by atoms with Crippen LogP contribution in [0.15, 0.2) is 93.8 Å². The van der Waals surface area contributed by atoms with Gasteiger partial charge in [-0.2, -0.15) is 0 Å². The normalized spacial score (nSPS) is 11.2. The average Bonchev–Trinajstić information content (AvgIpc) is 2.84. The van der Waals surface area contributed by atoms with Crippen LogP contribution in [-0.2, 0) is 11.3 Å². The number of oxime groups is 1. The predicted molar refractivity (Wildman–Crippen MR) is 130 cm³/mol. The number of unbranched alkanes of at least 4 members (excludes halogenated alkanes) is 1. The molecule has 0 aliphatic carbocycles. The molecule has 32 heavy (non-hydrogen) atoms. The second kappa shape index (κ2) is 12.0. The first kappa shape index (κ1) is 23.5. The summed E-state index contributed by atoms with van der Waals surface area (Å²) in [6.45, 7) is 4.01. The molecule has 0 atom stereocenters. The molecular weight excluding hydrogens is 418 g/mol. The summed E-state index contributed by atoms with van der Waals surface area (Å²) in [5.74, 6) is -0.831. The van der Waals surface area contributed by atoms with Crippen molar-refractivity contribution in [3.8, 4) is 0 Å². The Balaban J connectivity index is 1.62. The number of Topliss-reactive ketones (excluding diaryl/α,β-unsaturated/α-hetero) is 1. The summed E-state index contributed by atoms with van der Waals surface area (Å²) < 4.78 is 0. The van der Waals surface area contributed by atoms with E-state index in [2.05, 4.69) is 36.3 Å². The lowest BCUT2D eigenvalue weighted by Gasteiger charge is -2.06. The summed E-state index contributed by atoms with van der Waals surface area (Å²) in [6, 6.07) is 24.6. The van der Waals surface area contributed by atoms with Crippen LogP contribution in [0.4, 0.5) is 0 Å². The van der Waals surface area contributed by atoms with Crippen molar-refractivity contribution in [1.82, 2.24) is 0 Å². The number of ketones is 1. The molecule has 0 aliphatic rings. The van der Waals surface area contributed by atoms with Crippen LogP contribution in [0.2, 0.25) is 0 Å². The zero-order valence-corrected chi connectivity index (χ0v) is 19.2. The molecule has 0 spiro atoms. The van der Waals surface area contributed by atoms with Crippen molar-refractivity contribution in [2.75, 3.05) is 0 Å². The summed E-state index contributed by atoms with van der Waals surface area (Å²) in [5, 5.41) is 3.83. The van der Waals surface area contributed by atoms with E-state index in [9.17, 15) is 9.59 Å². The van der Waals surface area contributed by atoms with Crippen LogP contribution in [0.3, 0.4) is 0 Å². The summed E-state index contributed by atoms with van der Waals surface area (Å²) in [7, 11) is 0. The highest BCUT2D eigenvalue weighted by Gasteiger charge is 2.15. The van der Waals surface area contributed by atoms with Gasteiger partial charge in [0.05, 0.1) is 5.56 Å². The van der Waals surface area contributed by atoms with Gasteiger partial charge in [-0.3, -0.25) is 4.79 Å². The Morgan fingerprint density at radius 1 is 0.812 bits per heavy atom. The van der Waals surface area contributed by atoms with Gasteiger partial charge in [-0.15, -0.1) is 0 Å². The van der Waals surface area contributed by atoms with E-state index in [0.29, 0.717) is 17.5 Å². The molecule has 0 amide bonds. The first-order chi connectivity index (χ1) is 15.6. The topological polar surface area (TPSA) is 55.7 Å². The smallest absolute Gasteiger partial charge is 0.312 e. The summed E-state index contributed by atoms with van der Waals surface area (Å²) in [4.78, 5) is 32.1. The van der Waals surface area contributed by atoms with Crippen LogP contribution in [0.5, 0.6) is 0 Å². The second-order valence-electron chi connectivity index (χ2n) is 7.34. The summed E-state index contributed by atoms with van der Waals surface area (Å²) >= 11 is 1.66. The highest BCUT2D eigenvalue weighted by molar-refractivity contribution is 7.99. The Labute approximate surface area is 193 Å². The molecule has 0 aromatic heterocycles. The molecule has 0 aliphatic heterocycles. The SMILES string of the molecule is CCCCc1ccc(Sc2ccc(C(=O)C(CC)=NOC(=O)c3ccccc3)cc2)cc1. The predicted octanol–water partition coefficient (Wildman–Crippen LogP) is 6.99. The molecule has 3 aromatic carbocycles. The van der Waals surface area contributed by atoms with E-state index in [4.69, 9.17) is 4.84 Å². The third-order valence-electron chi connectivity index (χ3n) is 4.94. The molecule has 0 N–H and O–H groups in total. The lowest BCUT2D eigenvalue weighted by molar-refractivity contribution is 0.0515. The van der Waals surface area contributed by atoms with E-state index < -0.39 is 5.97 Å². The maximum Gasteiger partial charge on any atom is 0.365 e. The van der Waals surface area contributed by atoms with Crippen molar-refractivity contribution in [2.24, 2.45) is 5.16 Å². The van der Waals surface area contributed by atoms with Gasteiger partial charge in [0, 0.05) is 15.4 Å². The van der Waals surface area contributed by atoms with Crippen LogP contribution in [0.1, 0.15) is 59.4 Å². The lowest BCUT2D eigenvalue weighted by Crippen LogP contribution is -2.15. The van der Waals surface area contributed by atoms with E-state index in [1.807, 2.05) is 25.1 Å². The van der Waals surface area contributed by atoms with Crippen LogP contribution in [0, 0.1) is 0 Å². The molecule has 0 unspecified atom stereocenters. The first-order valence-corrected chi connectivity index (χ1v) is 11.7. The Morgan fingerprint density at radius 3 is 2.03 bits per heavy atom.